The van der Waals surface area contributed by atoms with Crippen molar-refractivity contribution >= 4 is 24.3 Å². The van der Waals surface area contributed by atoms with Crippen molar-refractivity contribution in [2.45, 2.75) is 0 Å². The Hall–Kier alpha value is -1.69. The van der Waals surface area contributed by atoms with Crippen molar-refractivity contribution in [1.29, 1.82) is 0 Å². The van der Waals surface area contributed by atoms with Gasteiger partial charge in [0.05, 0.1) is 0 Å². The van der Waals surface area contributed by atoms with Gasteiger partial charge in [0.2, 0.25) is 0 Å². The largest absolute Gasteiger partial charge is 0.261 e. The molecule has 56 valence electrons. The van der Waals surface area contributed by atoms with Gasteiger partial charge in [-0.3, -0.25) is 0 Å². The highest BCUT2D eigenvalue weighted by atomic mass is 32.2. The quantitative estimate of drug-likeness (QED) is 0.331. The molecule has 0 aromatic carbocycles. The van der Waals surface area contributed by atoms with E-state index in [1.807, 2.05) is 0 Å². The first kappa shape index (κ1) is 7.42. The Morgan fingerprint density at radius 3 is 1.91 bits per heavy atom. The second kappa shape index (κ2) is 3.47. The molecule has 0 unspecified atom stereocenters. The highest BCUT2D eigenvalue weighted by Gasteiger charge is 2.16. The maximum Gasteiger partial charge on any atom is 0.261 e. The molecule has 0 fully saturated rings. The minimum atomic E-state index is 0.735. The van der Waals surface area contributed by atoms with Crippen molar-refractivity contribution in [2.24, 2.45) is 20.6 Å². The van der Waals surface area contributed by atoms with Gasteiger partial charge < -0.3 is 0 Å². The van der Waals surface area contributed by atoms with Crippen LogP contribution in [-0.4, -0.2) is 21.2 Å². The fraction of sp³-hybridized carbons (Fsp3) is 0. The van der Waals surface area contributed by atoms with Crippen LogP contribution in [0.15, 0.2) is 20.6 Å². The lowest BCUT2D eigenvalue weighted by Gasteiger charge is -1.97. The van der Waals surface area contributed by atoms with E-state index in [4.69, 9.17) is 0 Å². The number of hydrogen-bond donors (Lipinski definition) is 0. The van der Waals surface area contributed by atoms with E-state index in [1.165, 1.54) is 12.2 Å². The fourth-order valence-corrected chi connectivity index (χ4v) is 0.714. The standard InChI is InChI=1S/C2N6O2S/c9-1-3-7-5-6-8(11-7)4-2-10. The van der Waals surface area contributed by atoms with Crippen molar-refractivity contribution in [2.75, 3.05) is 0 Å². The maximum atomic E-state index is 9.65. The van der Waals surface area contributed by atoms with E-state index in [-0.39, 0.29) is 0 Å². The molecule has 0 N–H and O–H groups in total. The lowest BCUT2D eigenvalue weighted by Crippen LogP contribution is -1.98. The summed E-state index contributed by atoms with van der Waals surface area (Å²) in [6.07, 6.45) is 2.46. The predicted molar refractivity (Wildman–Crippen MR) is 32.4 cm³/mol. The van der Waals surface area contributed by atoms with Gasteiger partial charge in [-0.2, -0.15) is 0 Å². The lowest BCUT2D eigenvalue weighted by molar-refractivity contribution is 0.468. The van der Waals surface area contributed by atoms with Crippen LogP contribution in [0.4, 0.5) is 0 Å². The molecule has 1 rings (SSSR count). The van der Waals surface area contributed by atoms with E-state index in [0.29, 0.717) is 0 Å². The number of carbonyl (C=O) groups excluding carboxylic acids is 2. The smallest absolute Gasteiger partial charge is 0.209 e. The Morgan fingerprint density at radius 2 is 1.55 bits per heavy atom. The molecule has 0 saturated carbocycles. The molecule has 1 aliphatic rings. The van der Waals surface area contributed by atoms with Crippen LogP contribution in [0.3, 0.4) is 0 Å². The maximum absolute atomic E-state index is 9.65. The number of hydrogen-bond acceptors (Lipinski definition) is 9. The van der Waals surface area contributed by atoms with Crippen LogP contribution in [0.25, 0.3) is 0 Å². The Morgan fingerprint density at radius 1 is 1.09 bits per heavy atom. The molecule has 0 aliphatic carbocycles. The monoisotopic (exact) mass is 172 g/mol. The first-order valence-corrected chi connectivity index (χ1v) is 2.95. The third kappa shape index (κ3) is 1.87. The van der Waals surface area contributed by atoms with Crippen molar-refractivity contribution in [1.82, 2.24) is 9.05 Å². The molecule has 0 aromatic heterocycles. The lowest BCUT2D eigenvalue weighted by atomic mass is 11.6. The van der Waals surface area contributed by atoms with Crippen LogP contribution in [-0.2, 0) is 9.59 Å². The molecule has 0 saturated heterocycles. The zero-order valence-corrected chi connectivity index (χ0v) is 5.72. The number of rotatable bonds is 2. The van der Waals surface area contributed by atoms with E-state index < -0.39 is 0 Å². The van der Waals surface area contributed by atoms with Gasteiger partial charge in [-0.15, -0.1) is 0 Å². The molecule has 1 heterocycles. The molecule has 0 spiro atoms. The highest BCUT2D eigenvalue weighted by Crippen LogP contribution is 2.24. The van der Waals surface area contributed by atoms with Crippen LogP contribution >= 0.6 is 12.1 Å². The van der Waals surface area contributed by atoms with E-state index in [1.54, 1.807) is 0 Å². The second-order valence-electron chi connectivity index (χ2n) is 1.15. The highest BCUT2D eigenvalue weighted by molar-refractivity contribution is 7.94. The van der Waals surface area contributed by atoms with Crippen LogP contribution in [0.2, 0.25) is 0 Å². The van der Waals surface area contributed by atoms with Crippen molar-refractivity contribution < 1.29 is 9.59 Å². The average molecular weight is 172 g/mol. The summed E-state index contributed by atoms with van der Waals surface area (Å²) in [6.45, 7) is 0. The summed E-state index contributed by atoms with van der Waals surface area (Å²) < 4.78 is 1.68. The van der Waals surface area contributed by atoms with Crippen molar-refractivity contribution in [3.8, 4) is 0 Å². The average Bonchev–Trinajstić information content (AvgIpc) is 2.38. The molecule has 0 atom stereocenters. The normalized spacial score (nSPS) is 14.2. The van der Waals surface area contributed by atoms with Crippen LogP contribution in [0.1, 0.15) is 0 Å². The Bertz CT molecular complexity index is 238. The number of nitrogens with zero attached hydrogens (tertiary/aromatic N) is 6. The summed E-state index contributed by atoms with van der Waals surface area (Å²) in [4.78, 5) is 19.3. The second-order valence-corrected chi connectivity index (χ2v) is 1.97. The molecule has 0 aromatic rings. The topological polar surface area (TPSA) is 90.1 Å². The van der Waals surface area contributed by atoms with E-state index in [2.05, 4.69) is 20.6 Å². The van der Waals surface area contributed by atoms with Crippen molar-refractivity contribution in [3.63, 3.8) is 0 Å². The van der Waals surface area contributed by atoms with Gasteiger partial charge in [0, 0.05) is 0 Å². The minimum Gasteiger partial charge on any atom is -0.209 e. The molecule has 0 amide bonds. The molecule has 8 nitrogen and oxygen atoms in total. The molecular weight excluding hydrogens is 172 g/mol. The summed E-state index contributed by atoms with van der Waals surface area (Å²) in [5.74, 6) is 0. The van der Waals surface area contributed by atoms with Gasteiger partial charge in [-0.1, -0.05) is 19.2 Å². The summed E-state index contributed by atoms with van der Waals surface area (Å²) in [5, 5.41) is 12.7. The zero-order chi connectivity index (χ0) is 8.10. The molecule has 11 heavy (non-hydrogen) atoms. The molecule has 1 aliphatic heterocycles. The van der Waals surface area contributed by atoms with Gasteiger partial charge >= 0.3 is 0 Å². The molecule has 0 bridgehead atoms. The van der Waals surface area contributed by atoms with E-state index in [0.717, 1.165) is 21.2 Å². The third-order valence-corrected chi connectivity index (χ3v) is 1.19. The summed E-state index contributed by atoms with van der Waals surface area (Å²) in [5.41, 5.74) is 0. The predicted octanol–water partition coefficient (Wildman–Crippen LogP) is -0.0490. The van der Waals surface area contributed by atoms with Gasteiger partial charge in [-0.25, -0.2) is 9.59 Å². The van der Waals surface area contributed by atoms with Gasteiger partial charge in [0.15, 0.2) is 12.1 Å². The van der Waals surface area contributed by atoms with Crippen LogP contribution in [0, 0.1) is 0 Å². The Balaban J connectivity index is 2.55. The van der Waals surface area contributed by atoms with Gasteiger partial charge in [0.25, 0.3) is 12.2 Å². The molecular formula is C2N6O2S. The fourth-order valence-electron chi connectivity index (χ4n) is 0.313. The van der Waals surface area contributed by atoms with Crippen LogP contribution < -0.4 is 0 Å². The summed E-state index contributed by atoms with van der Waals surface area (Å²) >= 11 is 0.735. The molecule has 9 heteroatoms. The number of hydrazone groups is 2. The SMILES string of the molecule is O=C=NN1N=NN(N=C=O)S1. The van der Waals surface area contributed by atoms with Crippen LogP contribution in [0.5, 0.6) is 0 Å². The van der Waals surface area contributed by atoms with E-state index >= 15 is 0 Å². The number of isocyanates is 2. The Labute approximate surface area is 64.5 Å². The van der Waals surface area contributed by atoms with Gasteiger partial charge in [-0.05, 0) is 10.4 Å². The van der Waals surface area contributed by atoms with Crippen molar-refractivity contribution in [3.05, 3.63) is 0 Å². The summed E-state index contributed by atoms with van der Waals surface area (Å²) in [7, 11) is 0. The van der Waals surface area contributed by atoms with E-state index in [9.17, 15) is 9.59 Å². The first-order chi connectivity index (χ1) is 5.36. The third-order valence-electron chi connectivity index (χ3n) is 0.592. The van der Waals surface area contributed by atoms with Gasteiger partial charge in [0.1, 0.15) is 0 Å². The first-order valence-electron chi connectivity index (χ1n) is 2.22. The minimum absolute atomic E-state index is 0.735. The Kier molecular flexibility index (Phi) is 2.34. The summed E-state index contributed by atoms with van der Waals surface area (Å²) in [6, 6.07) is 0. The molecule has 0 radical (unpaired) electrons. The zero-order valence-electron chi connectivity index (χ0n) is 4.91.